The first-order chi connectivity index (χ1) is 51.2. The molecule has 0 spiro atoms. The zero-order chi connectivity index (χ0) is 73.2. The standard InChI is InChI=1S/C83H101NO21/c1-51-70(91-44-58-30-16-8-17-31-58)74(95-48-62-38-24-12-25-39-62)65(50-90-43-57-28-14-7-15-29-57)101-80(51)103-76-68(88)82(99-53(3)71(76)92-45-59-32-18-9-19-33-59)105-79-78(96-49-63-40-26-13-27-41-63)73(94-47-61-36-22-11-23-37-61)55(5)100-83(79)104-77-69(89)81(98-54(4)72(77)93-46-60-34-20-10-21-35-60)102-75-66(84-56(6)86)52(2)97-64(42-85)67(75)87/h7-41,51-55,64-83,85,87-89H,42-50H2,1-6H3,(H,84,86)/t51?,52-,53?,54?,55?,64?,65+,66?,67-,68?,69?,70?,71-,72-,73-,74+,75+,76-,77-,78+,79?,80+,81-,82-,83-/m0/s1. The summed E-state index contributed by atoms with van der Waals surface area (Å²) in [5.41, 5.74) is 6.23. The minimum Gasteiger partial charge on any atom is -0.394 e. The fourth-order valence-electron chi connectivity index (χ4n) is 14.4. The van der Waals surface area contributed by atoms with Gasteiger partial charge in [0, 0.05) is 12.8 Å². The molecule has 1 amide bonds. The summed E-state index contributed by atoms with van der Waals surface area (Å²) in [6.45, 7) is 11.0. The maximum atomic E-state index is 13.6. The fraction of sp³-hybridized carbons (Fsp3) is 0.482. The SMILES string of the molecule is CC(=O)NC1[C@H](C)OC(CO)[C@H](O)[C@@H]1O[C@@H]1OC(C)[C@H](OCc2ccccc2)[C@@H](O[C@@H]2OC(C)[C@H](OCc3ccccc3)[C@@H](OCc3ccccc3)C2O[C@@H]2OC(C)[C@H](OCc3ccccc3)[C@@H](O[C@H]3O[C@H](COCc4ccccc4)[C@@H](OCc4ccccc4)C(OCc4ccccc4)C3C)C2O)C1O. The molecule has 12 rings (SSSR count). The van der Waals surface area contributed by atoms with Gasteiger partial charge < -0.3 is 102 Å². The first-order valence-corrected chi connectivity index (χ1v) is 36.5. The van der Waals surface area contributed by atoms with Crippen molar-refractivity contribution in [2.75, 3.05) is 13.2 Å². The predicted molar refractivity (Wildman–Crippen MR) is 384 cm³/mol. The van der Waals surface area contributed by atoms with Crippen molar-refractivity contribution in [3.05, 3.63) is 251 Å². The molecule has 25 atom stereocenters. The highest BCUT2D eigenvalue weighted by atomic mass is 16.8. The molecule has 0 radical (unpaired) electrons. The van der Waals surface area contributed by atoms with Crippen LogP contribution in [0.25, 0.3) is 0 Å². The van der Waals surface area contributed by atoms with E-state index in [4.69, 9.17) is 75.8 Å². The van der Waals surface area contributed by atoms with Crippen LogP contribution < -0.4 is 5.32 Å². The molecule has 22 heteroatoms. The van der Waals surface area contributed by atoms with Gasteiger partial charge in [0.1, 0.15) is 85.5 Å². The molecule has 564 valence electrons. The molecular weight excluding hydrogens is 1350 g/mol. The number of benzene rings is 7. The van der Waals surface area contributed by atoms with Gasteiger partial charge in [0.25, 0.3) is 0 Å². The Labute approximate surface area is 614 Å². The lowest BCUT2D eigenvalue weighted by molar-refractivity contribution is -0.402. The summed E-state index contributed by atoms with van der Waals surface area (Å²) in [7, 11) is 0. The Morgan fingerprint density at radius 1 is 0.333 bits per heavy atom. The zero-order valence-electron chi connectivity index (χ0n) is 60.2. The van der Waals surface area contributed by atoms with Gasteiger partial charge in [0.15, 0.2) is 25.2 Å². The Balaban J connectivity index is 0.915. The molecule has 5 fully saturated rings. The van der Waals surface area contributed by atoms with Gasteiger partial charge in [-0.25, -0.2) is 0 Å². The van der Waals surface area contributed by atoms with Crippen LogP contribution in [0.4, 0.5) is 0 Å². The molecule has 10 unspecified atom stereocenters. The van der Waals surface area contributed by atoms with E-state index >= 15 is 0 Å². The van der Waals surface area contributed by atoms with Crippen LogP contribution >= 0.6 is 0 Å². The molecule has 22 nitrogen and oxygen atoms in total. The first kappa shape index (κ1) is 77.8. The molecule has 5 aliphatic heterocycles. The van der Waals surface area contributed by atoms with Crippen LogP contribution in [-0.4, -0.2) is 187 Å². The van der Waals surface area contributed by atoms with Crippen LogP contribution in [-0.2, 0) is 127 Å². The number of hydrogen-bond donors (Lipinski definition) is 5. The number of carbonyl (C=O) groups is 1. The van der Waals surface area contributed by atoms with Crippen molar-refractivity contribution in [2.45, 2.75) is 235 Å². The molecular formula is C83H101NO21. The Bertz CT molecular complexity index is 3640. The van der Waals surface area contributed by atoms with Crippen LogP contribution in [0.1, 0.15) is 80.5 Å². The minimum atomic E-state index is -1.74. The third kappa shape index (κ3) is 20.5. The lowest BCUT2D eigenvalue weighted by Crippen LogP contribution is -2.68. The largest absolute Gasteiger partial charge is 0.394 e. The molecule has 0 saturated carbocycles. The molecule has 105 heavy (non-hydrogen) atoms. The fourth-order valence-corrected chi connectivity index (χ4v) is 14.4. The molecule has 7 aromatic carbocycles. The normalized spacial score (nSPS) is 33.6. The number of aliphatic hydroxyl groups excluding tert-OH is 4. The highest BCUT2D eigenvalue weighted by Crippen LogP contribution is 2.41. The summed E-state index contributed by atoms with van der Waals surface area (Å²) in [6.07, 6.45) is -26.8. The summed E-state index contributed by atoms with van der Waals surface area (Å²) >= 11 is 0. The molecule has 5 saturated heterocycles. The Kier molecular flexibility index (Phi) is 28.4. The van der Waals surface area contributed by atoms with Crippen molar-refractivity contribution in [3.63, 3.8) is 0 Å². The summed E-state index contributed by atoms with van der Waals surface area (Å²) in [6, 6.07) is 67.2. The second-order valence-electron chi connectivity index (χ2n) is 27.8. The number of amides is 1. The van der Waals surface area contributed by atoms with E-state index in [0.29, 0.717) is 0 Å². The molecule has 5 heterocycles. The number of carbonyl (C=O) groups excluding carboxylic acids is 1. The van der Waals surface area contributed by atoms with Crippen LogP contribution in [0.2, 0.25) is 0 Å². The van der Waals surface area contributed by atoms with E-state index in [2.05, 4.69) is 5.32 Å². The quantitative estimate of drug-likeness (QED) is 0.0263. The van der Waals surface area contributed by atoms with Crippen LogP contribution in [0, 0.1) is 5.92 Å². The highest BCUT2D eigenvalue weighted by Gasteiger charge is 2.58. The van der Waals surface area contributed by atoms with Crippen molar-refractivity contribution >= 4 is 5.91 Å². The number of aliphatic hydroxyl groups is 4. The lowest BCUT2D eigenvalue weighted by atomic mass is 9.91. The molecule has 7 aromatic rings. The van der Waals surface area contributed by atoms with Gasteiger partial charge in [-0.1, -0.05) is 219 Å². The summed E-state index contributed by atoms with van der Waals surface area (Å²) in [4.78, 5) is 12.8. The predicted octanol–water partition coefficient (Wildman–Crippen LogP) is 9.22. The number of rotatable bonds is 32. The van der Waals surface area contributed by atoms with Gasteiger partial charge in [-0.2, -0.15) is 0 Å². The van der Waals surface area contributed by atoms with Crippen LogP contribution in [0.3, 0.4) is 0 Å². The number of nitrogens with one attached hydrogen (secondary N) is 1. The third-order valence-electron chi connectivity index (χ3n) is 20.0. The maximum Gasteiger partial charge on any atom is 0.217 e. The van der Waals surface area contributed by atoms with Crippen LogP contribution in [0.5, 0.6) is 0 Å². The Morgan fingerprint density at radius 2 is 0.657 bits per heavy atom. The van der Waals surface area contributed by atoms with Crippen LogP contribution in [0.15, 0.2) is 212 Å². The van der Waals surface area contributed by atoms with Crippen molar-refractivity contribution < 1.29 is 101 Å². The van der Waals surface area contributed by atoms with E-state index in [-0.39, 0.29) is 52.9 Å². The van der Waals surface area contributed by atoms with Gasteiger partial charge >= 0.3 is 0 Å². The van der Waals surface area contributed by atoms with Crippen molar-refractivity contribution in [3.8, 4) is 0 Å². The van der Waals surface area contributed by atoms with Gasteiger partial charge in [-0.3, -0.25) is 4.79 Å². The second-order valence-corrected chi connectivity index (χ2v) is 27.8. The number of hydrogen-bond acceptors (Lipinski definition) is 21. The first-order valence-electron chi connectivity index (χ1n) is 36.5. The molecule has 5 aliphatic rings. The second kappa shape index (κ2) is 38.3. The van der Waals surface area contributed by atoms with E-state index in [9.17, 15) is 25.2 Å². The van der Waals surface area contributed by atoms with Gasteiger partial charge in [0.05, 0.1) is 96.0 Å². The lowest BCUT2D eigenvalue weighted by Gasteiger charge is -2.52. The average Bonchev–Trinajstić information content (AvgIpc) is 0.763. The van der Waals surface area contributed by atoms with E-state index < -0.39 is 166 Å². The van der Waals surface area contributed by atoms with Crippen molar-refractivity contribution in [1.29, 1.82) is 0 Å². The highest BCUT2D eigenvalue weighted by molar-refractivity contribution is 5.73. The number of ether oxygens (including phenoxy) is 16. The van der Waals surface area contributed by atoms with Gasteiger partial charge in [-0.15, -0.1) is 0 Å². The molecule has 0 aliphatic carbocycles. The average molecular weight is 1450 g/mol. The van der Waals surface area contributed by atoms with Crippen molar-refractivity contribution in [1.82, 2.24) is 5.32 Å². The molecule has 0 aromatic heterocycles. The Hall–Kier alpha value is -6.79. The summed E-state index contributed by atoms with van der Waals surface area (Å²) in [5.74, 6) is -1.01. The smallest absolute Gasteiger partial charge is 0.217 e. The van der Waals surface area contributed by atoms with E-state index in [0.717, 1.165) is 38.9 Å². The minimum absolute atomic E-state index is 0.0458. The summed E-state index contributed by atoms with van der Waals surface area (Å²) < 4.78 is 111. The van der Waals surface area contributed by atoms with Crippen molar-refractivity contribution in [2.24, 2.45) is 5.92 Å². The van der Waals surface area contributed by atoms with E-state index in [1.807, 2.05) is 233 Å². The Morgan fingerprint density at radius 3 is 1.05 bits per heavy atom. The zero-order valence-corrected chi connectivity index (χ0v) is 60.2. The van der Waals surface area contributed by atoms with Gasteiger partial charge in [0.2, 0.25) is 5.91 Å². The van der Waals surface area contributed by atoms with E-state index in [1.165, 1.54) is 6.92 Å². The summed E-state index contributed by atoms with van der Waals surface area (Å²) in [5, 5.41) is 51.7. The maximum absolute atomic E-state index is 13.6. The molecule has 5 N–H and O–H groups in total. The third-order valence-corrected chi connectivity index (χ3v) is 20.0. The van der Waals surface area contributed by atoms with E-state index in [1.54, 1.807) is 13.8 Å². The monoisotopic (exact) mass is 1450 g/mol. The molecule has 0 bridgehead atoms. The topological polar surface area (TPSA) is 258 Å². The van der Waals surface area contributed by atoms with Gasteiger partial charge in [-0.05, 0) is 66.6 Å².